The molecule has 0 heteroatoms. The zero-order chi connectivity index (χ0) is 30.1. The Morgan fingerprint density at radius 2 is 0.844 bits per heavy atom. The molecule has 0 unspecified atom stereocenters. The van der Waals surface area contributed by atoms with Gasteiger partial charge in [0.1, 0.15) is 0 Å². The maximum atomic E-state index is 2.37. The molecular weight excluding hydrogens is 540 g/mol. The van der Waals surface area contributed by atoms with E-state index in [1.807, 2.05) is 0 Å². The molecule has 0 fully saturated rings. The van der Waals surface area contributed by atoms with E-state index >= 15 is 0 Å². The topological polar surface area (TPSA) is 0 Å². The summed E-state index contributed by atoms with van der Waals surface area (Å²) in [7, 11) is 0. The van der Waals surface area contributed by atoms with E-state index in [0.717, 1.165) is 0 Å². The molecule has 0 saturated heterocycles. The van der Waals surface area contributed by atoms with E-state index in [9.17, 15) is 0 Å². The van der Waals surface area contributed by atoms with E-state index in [-0.39, 0.29) is 5.41 Å². The van der Waals surface area contributed by atoms with Gasteiger partial charge in [-0.1, -0.05) is 166 Å². The average Bonchev–Trinajstić information content (AvgIpc) is 3.33. The minimum atomic E-state index is -0.0494. The SMILES string of the molecule is CC1(C)c2ccccc2-c2cccc(-c3ccc(-c4c5ccccc5c(-c5ccc6ccccc6c5)c5ccccc45)cc3)c21. The quantitative estimate of drug-likeness (QED) is 0.185. The molecule has 8 aromatic carbocycles. The zero-order valence-corrected chi connectivity index (χ0v) is 25.5. The van der Waals surface area contributed by atoms with Crippen LogP contribution in [0.3, 0.4) is 0 Å². The van der Waals surface area contributed by atoms with Gasteiger partial charge in [0, 0.05) is 5.41 Å². The van der Waals surface area contributed by atoms with Crippen LogP contribution in [-0.2, 0) is 5.41 Å². The molecule has 0 amide bonds. The predicted molar refractivity (Wildman–Crippen MR) is 193 cm³/mol. The van der Waals surface area contributed by atoms with Gasteiger partial charge < -0.3 is 0 Å². The summed E-state index contributed by atoms with van der Waals surface area (Å²) in [5.74, 6) is 0. The highest BCUT2D eigenvalue weighted by Gasteiger charge is 2.37. The Balaban J connectivity index is 1.23. The fourth-order valence-corrected chi connectivity index (χ4v) is 8.00. The molecule has 0 nitrogen and oxygen atoms in total. The molecular formula is C45H32. The van der Waals surface area contributed by atoms with Gasteiger partial charge in [-0.3, -0.25) is 0 Å². The lowest BCUT2D eigenvalue weighted by Gasteiger charge is -2.24. The van der Waals surface area contributed by atoms with Crippen molar-refractivity contribution in [2.45, 2.75) is 19.3 Å². The molecule has 0 radical (unpaired) electrons. The Morgan fingerprint density at radius 1 is 0.356 bits per heavy atom. The Morgan fingerprint density at radius 3 is 1.53 bits per heavy atom. The molecule has 0 N–H and O–H groups in total. The summed E-state index contributed by atoms with van der Waals surface area (Å²) in [5.41, 5.74) is 13.2. The molecule has 0 saturated carbocycles. The van der Waals surface area contributed by atoms with Crippen LogP contribution >= 0.6 is 0 Å². The van der Waals surface area contributed by atoms with Crippen LogP contribution in [0.2, 0.25) is 0 Å². The predicted octanol–water partition coefficient (Wildman–Crippen LogP) is 12.5. The smallest absolute Gasteiger partial charge is 0.0165 e. The Bertz CT molecular complexity index is 2380. The number of benzene rings is 8. The number of rotatable bonds is 3. The molecule has 212 valence electrons. The van der Waals surface area contributed by atoms with Gasteiger partial charge in [-0.2, -0.15) is 0 Å². The molecule has 0 aromatic heterocycles. The van der Waals surface area contributed by atoms with Crippen molar-refractivity contribution in [1.82, 2.24) is 0 Å². The second kappa shape index (κ2) is 9.78. The van der Waals surface area contributed by atoms with Crippen molar-refractivity contribution < 1.29 is 0 Å². The normalized spacial score (nSPS) is 13.3. The van der Waals surface area contributed by atoms with Crippen LogP contribution in [0.5, 0.6) is 0 Å². The van der Waals surface area contributed by atoms with E-state index in [2.05, 4.69) is 172 Å². The molecule has 0 spiro atoms. The zero-order valence-electron chi connectivity index (χ0n) is 25.5. The third-order valence-corrected chi connectivity index (χ3v) is 10.0. The fourth-order valence-electron chi connectivity index (χ4n) is 8.00. The minimum Gasteiger partial charge on any atom is -0.0619 e. The lowest BCUT2D eigenvalue weighted by atomic mass is 9.78. The summed E-state index contributed by atoms with van der Waals surface area (Å²) in [6, 6.07) is 58.3. The number of hydrogen-bond acceptors (Lipinski definition) is 0. The van der Waals surface area contributed by atoms with E-state index in [1.165, 1.54) is 88.0 Å². The van der Waals surface area contributed by atoms with Crippen molar-refractivity contribution in [2.24, 2.45) is 0 Å². The largest absolute Gasteiger partial charge is 0.0619 e. The third kappa shape index (κ3) is 3.85. The summed E-state index contributed by atoms with van der Waals surface area (Å²) in [6.07, 6.45) is 0. The third-order valence-electron chi connectivity index (χ3n) is 10.0. The van der Waals surface area contributed by atoms with Gasteiger partial charge in [-0.15, -0.1) is 0 Å². The highest BCUT2D eigenvalue weighted by molar-refractivity contribution is 6.21. The van der Waals surface area contributed by atoms with Gasteiger partial charge >= 0.3 is 0 Å². The van der Waals surface area contributed by atoms with E-state index < -0.39 is 0 Å². The van der Waals surface area contributed by atoms with Crippen molar-refractivity contribution in [3.05, 3.63) is 169 Å². The highest BCUT2D eigenvalue weighted by atomic mass is 14.4. The summed E-state index contributed by atoms with van der Waals surface area (Å²) >= 11 is 0. The second-order valence-electron chi connectivity index (χ2n) is 12.9. The standard InChI is InChI=1S/C45H32/c1-45(2)41-21-10-9-14-35(41)40-20-11-19-34(44(40)45)30-23-25-31(26-24-30)42-36-15-5-7-17-38(36)43(39-18-8-6-16-37(39)42)33-27-22-29-12-3-4-13-32(29)28-33/h3-28H,1-2H3. The van der Waals surface area contributed by atoms with Gasteiger partial charge in [0.25, 0.3) is 0 Å². The van der Waals surface area contributed by atoms with Crippen LogP contribution in [0.1, 0.15) is 25.0 Å². The molecule has 0 aliphatic heterocycles. The Labute approximate surface area is 264 Å². The summed E-state index contributed by atoms with van der Waals surface area (Å²) < 4.78 is 0. The summed E-state index contributed by atoms with van der Waals surface area (Å²) in [6.45, 7) is 4.73. The lowest BCUT2D eigenvalue weighted by molar-refractivity contribution is 0.662. The van der Waals surface area contributed by atoms with Crippen LogP contribution < -0.4 is 0 Å². The monoisotopic (exact) mass is 572 g/mol. The van der Waals surface area contributed by atoms with Gasteiger partial charge in [0.15, 0.2) is 0 Å². The van der Waals surface area contributed by atoms with E-state index in [4.69, 9.17) is 0 Å². The number of hydrogen-bond donors (Lipinski definition) is 0. The van der Waals surface area contributed by atoms with Crippen molar-refractivity contribution in [3.8, 4) is 44.5 Å². The van der Waals surface area contributed by atoms with Gasteiger partial charge in [0.05, 0.1) is 0 Å². The molecule has 1 aliphatic rings. The van der Waals surface area contributed by atoms with Crippen LogP contribution in [-0.4, -0.2) is 0 Å². The summed E-state index contributed by atoms with van der Waals surface area (Å²) in [4.78, 5) is 0. The van der Waals surface area contributed by atoms with Crippen LogP contribution in [0.4, 0.5) is 0 Å². The molecule has 8 aromatic rings. The fraction of sp³-hybridized carbons (Fsp3) is 0.0667. The first kappa shape index (κ1) is 26.0. The first-order valence-electron chi connectivity index (χ1n) is 15.9. The maximum Gasteiger partial charge on any atom is 0.0165 e. The van der Waals surface area contributed by atoms with Crippen LogP contribution in [0, 0.1) is 0 Å². The van der Waals surface area contributed by atoms with Gasteiger partial charge in [-0.05, 0) is 94.0 Å². The minimum absolute atomic E-state index is 0.0494. The lowest BCUT2D eigenvalue weighted by Crippen LogP contribution is -2.16. The Kier molecular flexibility index (Phi) is 5.64. The van der Waals surface area contributed by atoms with Crippen molar-refractivity contribution >= 4 is 32.3 Å². The maximum absolute atomic E-state index is 2.37. The number of fused-ring (bicyclic) bond motifs is 6. The second-order valence-corrected chi connectivity index (χ2v) is 12.9. The van der Waals surface area contributed by atoms with Gasteiger partial charge in [-0.25, -0.2) is 0 Å². The Hall–Kier alpha value is -5.46. The highest BCUT2D eigenvalue weighted by Crippen LogP contribution is 2.52. The van der Waals surface area contributed by atoms with E-state index in [0.29, 0.717) is 0 Å². The average molecular weight is 573 g/mol. The molecule has 1 aliphatic carbocycles. The summed E-state index contributed by atoms with van der Waals surface area (Å²) in [5, 5.41) is 7.66. The van der Waals surface area contributed by atoms with Crippen molar-refractivity contribution in [1.29, 1.82) is 0 Å². The molecule has 0 heterocycles. The van der Waals surface area contributed by atoms with Crippen LogP contribution in [0.25, 0.3) is 76.8 Å². The van der Waals surface area contributed by atoms with Gasteiger partial charge in [0.2, 0.25) is 0 Å². The molecule has 0 bridgehead atoms. The first-order chi connectivity index (χ1) is 22.1. The van der Waals surface area contributed by atoms with E-state index in [1.54, 1.807) is 0 Å². The molecule has 9 rings (SSSR count). The van der Waals surface area contributed by atoms with Crippen molar-refractivity contribution in [2.75, 3.05) is 0 Å². The van der Waals surface area contributed by atoms with Crippen LogP contribution in [0.15, 0.2) is 158 Å². The molecule has 45 heavy (non-hydrogen) atoms. The molecule has 0 atom stereocenters. The van der Waals surface area contributed by atoms with Crippen molar-refractivity contribution in [3.63, 3.8) is 0 Å². The first-order valence-corrected chi connectivity index (χ1v) is 15.9.